The van der Waals surface area contributed by atoms with Crippen molar-refractivity contribution in [2.24, 2.45) is 7.05 Å². The van der Waals surface area contributed by atoms with Crippen molar-refractivity contribution in [3.8, 4) is 11.6 Å². The lowest BCUT2D eigenvalue weighted by Gasteiger charge is -2.11. The standard InChI is InChI=1S/C13H15N5O7S/c1-18-11(8(6-14-18)12(19)20)26(22,23)17-13(21)16-9-4-7(24-2)5-10(15-9)25-3/h4-6H,1-3H3,(H,19,20)(H2,15,16,17,21). The molecule has 2 aromatic heterocycles. The number of carbonyl (C=O) groups excluding carboxylic acids is 1. The molecule has 0 aliphatic carbocycles. The molecule has 0 spiro atoms. The fraction of sp³-hybridized carbons (Fsp3) is 0.231. The molecule has 140 valence electrons. The quantitative estimate of drug-likeness (QED) is 0.623. The van der Waals surface area contributed by atoms with Crippen molar-refractivity contribution in [3.05, 3.63) is 23.9 Å². The van der Waals surface area contributed by atoms with Crippen molar-refractivity contribution < 1.29 is 32.6 Å². The molecule has 0 aromatic carbocycles. The fourth-order valence-corrected chi connectivity index (χ4v) is 3.19. The zero-order chi connectivity index (χ0) is 19.5. The van der Waals surface area contributed by atoms with E-state index in [1.165, 1.54) is 33.4 Å². The summed E-state index contributed by atoms with van der Waals surface area (Å²) in [4.78, 5) is 27.0. The van der Waals surface area contributed by atoms with Crippen LogP contribution in [0.5, 0.6) is 11.6 Å². The summed E-state index contributed by atoms with van der Waals surface area (Å²) in [5, 5.41) is 14.2. The first kappa shape index (κ1) is 19.0. The van der Waals surface area contributed by atoms with Crippen LogP contribution in [-0.2, 0) is 17.1 Å². The Morgan fingerprint density at radius 2 is 1.92 bits per heavy atom. The summed E-state index contributed by atoms with van der Waals surface area (Å²) in [6, 6.07) is 1.63. The fourth-order valence-electron chi connectivity index (χ4n) is 1.97. The predicted molar refractivity (Wildman–Crippen MR) is 86.8 cm³/mol. The molecule has 3 N–H and O–H groups in total. The van der Waals surface area contributed by atoms with Crippen LogP contribution in [0.15, 0.2) is 23.4 Å². The van der Waals surface area contributed by atoms with Gasteiger partial charge >= 0.3 is 12.0 Å². The Morgan fingerprint density at radius 3 is 2.50 bits per heavy atom. The molecular weight excluding hydrogens is 370 g/mol. The van der Waals surface area contributed by atoms with E-state index >= 15 is 0 Å². The molecule has 12 nitrogen and oxygen atoms in total. The van der Waals surface area contributed by atoms with E-state index in [0.717, 1.165) is 10.9 Å². The number of nitrogens with zero attached hydrogens (tertiary/aromatic N) is 3. The smallest absolute Gasteiger partial charge is 0.340 e. The van der Waals surface area contributed by atoms with E-state index in [9.17, 15) is 18.0 Å². The third kappa shape index (κ3) is 4.00. The van der Waals surface area contributed by atoms with E-state index < -0.39 is 32.6 Å². The Labute approximate surface area is 147 Å². The van der Waals surface area contributed by atoms with Crippen molar-refractivity contribution in [3.63, 3.8) is 0 Å². The van der Waals surface area contributed by atoms with E-state index in [-0.39, 0.29) is 11.7 Å². The van der Waals surface area contributed by atoms with Crippen LogP contribution < -0.4 is 19.5 Å². The highest BCUT2D eigenvalue weighted by Gasteiger charge is 2.29. The number of carbonyl (C=O) groups is 2. The van der Waals surface area contributed by atoms with Gasteiger partial charge in [0.1, 0.15) is 17.1 Å². The summed E-state index contributed by atoms with van der Waals surface area (Å²) in [7, 11) is -0.536. The number of nitrogens with one attached hydrogen (secondary N) is 2. The minimum Gasteiger partial charge on any atom is -0.496 e. The average molecular weight is 385 g/mol. The predicted octanol–water partition coefficient (Wildman–Crippen LogP) is 0.0409. The normalized spacial score (nSPS) is 10.9. The van der Waals surface area contributed by atoms with Gasteiger partial charge in [0, 0.05) is 19.2 Å². The van der Waals surface area contributed by atoms with Crippen LogP contribution in [-0.4, -0.2) is 54.5 Å². The van der Waals surface area contributed by atoms with Gasteiger partial charge in [-0.05, 0) is 0 Å². The molecule has 0 unspecified atom stereocenters. The Balaban J connectivity index is 2.25. The first-order chi connectivity index (χ1) is 12.2. The molecule has 0 saturated heterocycles. The molecule has 0 aliphatic heterocycles. The van der Waals surface area contributed by atoms with E-state index in [2.05, 4.69) is 15.4 Å². The molecule has 26 heavy (non-hydrogen) atoms. The maximum absolute atomic E-state index is 12.3. The lowest BCUT2D eigenvalue weighted by Crippen LogP contribution is -2.36. The zero-order valence-corrected chi connectivity index (χ0v) is 14.7. The summed E-state index contributed by atoms with van der Waals surface area (Å²) >= 11 is 0. The number of aromatic carboxylic acids is 1. The number of aromatic nitrogens is 3. The molecule has 0 bridgehead atoms. The van der Waals surface area contributed by atoms with E-state index in [1.54, 1.807) is 4.72 Å². The number of aryl methyl sites for hydroxylation is 1. The van der Waals surface area contributed by atoms with Crippen molar-refractivity contribution >= 4 is 27.8 Å². The molecule has 2 rings (SSSR count). The largest absolute Gasteiger partial charge is 0.496 e. The van der Waals surface area contributed by atoms with E-state index in [0.29, 0.717) is 5.75 Å². The highest BCUT2D eigenvalue weighted by Crippen LogP contribution is 2.22. The second-order valence-electron chi connectivity index (χ2n) is 4.79. The van der Waals surface area contributed by atoms with Gasteiger partial charge in [-0.15, -0.1) is 0 Å². The number of carboxylic acids is 1. The highest BCUT2D eigenvalue weighted by atomic mass is 32.2. The lowest BCUT2D eigenvalue weighted by molar-refractivity contribution is 0.0692. The number of rotatable bonds is 6. The molecule has 2 amide bonds. The second-order valence-corrected chi connectivity index (χ2v) is 6.38. The number of ether oxygens (including phenoxy) is 2. The van der Waals surface area contributed by atoms with Crippen molar-refractivity contribution in [2.45, 2.75) is 5.03 Å². The summed E-state index contributed by atoms with van der Waals surface area (Å²) in [5.74, 6) is -1.10. The van der Waals surface area contributed by atoms with Gasteiger partial charge < -0.3 is 14.6 Å². The Hall–Kier alpha value is -3.35. The lowest BCUT2D eigenvalue weighted by atomic mass is 10.4. The van der Waals surface area contributed by atoms with Crippen molar-refractivity contribution in [1.29, 1.82) is 0 Å². The SMILES string of the molecule is COc1cc(NC(=O)NS(=O)(=O)c2c(C(=O)O)cnn2C)nc(OC)c1. The van der Waals surface area contributed by atoms with Gasteiger partial charge in [0.15, 0.2) is 5.03 Å². The van der Waals surface area contributed by atoms with Gasteiger partial charge in [0.25, 0.3) is 10.0 Å². The number of methoxy groups -OCH3 is 2. The maximum Gasteiger partial charge on any atom is 0.340 e. The number of amides is 2. The summed E-state index contributed by atoms with van der Waals surface area (Å²) < 4.78 is 37.1. The first-order valence-corrected chi connectivity index (χ1v) is 8.35. The number of hydrogen-bond donors (Lipinski definition) is 3. The Morgan fingerprint density at radius 1 is 1.23 bits per heavy atom. The minimum absolute atomic E-state index is 0.0441. The Kier molecular flexibility index (Phi) is 5.30. The number of sulfonamides is 1. The molecule has 0 aliphatic rings. The van der Waals surface area contributed by atoms with Crippen LogP contribution in [0.1, 0.15) is 10.4 Å². The minimum atomic E-state index is -4.51. The topological polar surface area (TPSA) is 162 Å². The van der Waals surface area contributed by atoms with Gasteiger partial charge in [0.2, 0.25) is 5.88 Å². The second kappa shape index (κ2) is 7.26. The monoisotopic (exact) mass is 385 g/mol. The molecule has 0 radical (unpaired) electrons. The van der Waals surface area contributed by atoms with Gasteiger partial charge in [-0.2, -0.15) is 18.5 Å². The summed E-state index contributed by atoms with van der Waals surface area (Å²) in [5.41, 5.74) is -0.575. The number of hydrogen-bond acceptors (Lipinski definition) is 8. The summed E-state index contributed by atoms with van der Waals surface area (Å²) in [6.07, 6.45) is 0.864. The van der Waals surface area contributed by atoms with Crippen LogP contribution in [0, 0.1) is 0 Å². The van der Waals surface area contributed by atoms with E-state index in [1.807, 2.05) is 0 Å². The highest BCUT2D eigenvalue weighted by molar-refractivity contribution is 7.90. The average Bonchev–Trinajstić information content (AvgIpc) is 2.96. The molecular formula is C13H15N5O7S. The molecule has 0 saturated carbocycles. The third-order valence-electron chi connectivity index (χ3n) is 3.06. The molecule has 2 heterocycles. The van der Waals surface area contributed by atoms with Crippen LogP contribution in [0.4, 0.5) is 10.6 Å². The maximum atomic E-state index is 12.3. The molecule has 0 fully saturated rings. The first-order valence-electron chi connectivity index (χ1n) is 6.87. The number of anilines is 1. The van der Waals surface area contributed by atoms with Crippen molar-refractivity contribution in [1.82, 2.24) is 19.5 Å². The third-order valence-corrected chi connectivity index (χ3v) is 4.51. The van der Waals surface area contributed by atoms with Gasteiger partial charge in [-0.3, -0.25) is 10.00 Å². The van der Waals surface area contributed by atoms with Gasteiger partial charge in [-0.1, -0.05) is 0 Å². The van der Waals surface area contributed by atoms with Crippen LogP contribution in [0.2, 0.25) is 0 Å². The van der Waals surface area contributed by atoms with Gasteiger partial charge in [-0.25, -0.2) is 14.3 Å². The van der Waals surface area contributed by atoms with Gasteiger partial charge in [0.05, 0.1) is 20.4 Å². The molecule has 0 atom stereocenters. The van der Waals surface area contributed by atoms with Crippen LogP contribution in [0.25, 0.3) is 0 Å². The Bertz CT molecular complexity index is 932. The number of pyridine rings is 1. The molecule has 13 heteroatoms. The number of urea groups is 1. The van der Waals surface area contributed by atoms with Crippen LogP contribution >= 0.6 is 0 Å². The molecule has 2 aromatic rings. The summed E-state index contributed by atoms with van der Waals surface area (Å²) in [6.45, 7) is 0. The van der Waals surface area contributed by atoms with Crippen molar-refractivity contribution in [2.75, 3.05) is 19.5 Å². The number of carboxylic acid groups (broad SMARTS) is 1. The zero-order valence-electron chi connectivity index (χ0n) is 13.9. The van der Waals surface area contributed by atoms with Crippen LogP contribution in [0.3, 0.4) is 0 Å². The van der Waals surface area contributed by atoms with E-state index in [4.69, 9.17) is 14.6 Å².